The minimum absolute atomic E-state index is 0.0203. The lowest BCUT2D eigenvalue weighted by Gasteiger charge is -1.95. The van der Waals surface area contributed by atoms with E-state index in [-0.39, 0.29) is 6.61 Å². The Bertz CT molecular complexity index is 640. The first-order chi connectivity index (χ1) is 9.70. The largest absolute Gasteiger partial charge is 0.454 e. The van der Waals surface area contributed by atoms with Crippen molar-refractivity contribution in [3.8, 4) is 0 Å². The monoisotopic (exact) mass is 274 g/mol. The summed E-state index contributed by atoms with van der Waals surface area (Å²) in [6.07, 6.45) is 8.63. The number of rotatable bonds is 5. The Hall–Kier alpha value is -2.44. The Morgan fingerprint density at radius 3 is 3.15 bits per heavy atom. The summed E-state index contributed by atoms with van der Waals surface area (Å²) in [6.45, 7) is 0.0203. The molecular formula is C13H14N4O3. The highest BCUT2D eigenvalue weighted by Crippen LogP contribution is 2.38. The fourth-order valence-corrected chi connectivity index (χ4v) is 1.70. The van der Waals surface area contributed by atoms with Crippen molar-refractivity contribution in [3.63, 3.8) is 0 Å². The Kier molecular flexibility index (Phi) is 3.32. The Morgan fingerprint density at radius 1 is 1.60 bits per heavy atom. The predicted octanol–water partition coefficient (Wildman–Crippen LogP) is 1.44. The van der Waals surface area contributed by atoms with Crippen LogP contribution in [0.5, 0.6) is 0 Å². The number of aromatic nitrogens is 4. The summed E-state index contributed by atoms with van der Waals surface area (Å²) in [5.41, 5.74) is 0.833. The van der Waals surface area contributed by atoms with Crippen LogP contribution in [0.2, 0.25) is 0 Å². The maximum absolute atomic E-state index is 11.5. The van der Waals surface area contributed by atoms with E-state index in [0.717, 1.165) is 18.4 Å². The van der Waals surface area contributed by atoms with Gasteiger partial charge in [0, 0.05) is 30.8 Å². The van der Waals surface area contributed by atoms with Crippen LogP contribution in [-0.4, -0.2) is 25.9 Å². The third-order valence-electron chi connectivity index (χ3n) is 2.89. The lowest BCUT2D eigenvalue weighted by molar-refractivity contribution is -0.139. The number of esters is 1. The quantitative estimate of drug-likeness (QED) is 0.606. The van der Waals surface area contributed by atoms with E-state index in [4.69, 9.17) is 9.26 Å². The molecule has 0 spiro atoms. The van der Waals surface area contributed by atoms with Gasteiger partial charge in [-0.1, -0.05) is 5.16 Å². The summed E-state index contributed by atoms with van der Waals surface area (Å²) in [7, 11) is 1.81. The fourth-order valence-electron chi connectivity index (χ4n) is 1.70. The maximum atomic E-state index is 11.5. The van der Waals surface area contributed by atoms with Crippen LogP contribution in [0.1, 0.15) is 36.0 Å². The fraction of sp³-hybridized carbons (Fsp3) is 0.385. The van der Waals surface area contributed by atoms with Gasteiger partial charge in [-0.05, 0) is 18.9 Å². The van der Waals surface area contributed by atoms with Crippen molar-refractivity contribution in [2.45, 2.75) is 25.4 Å². The van der Waals surface area contributed by atoms with E-state index in [1.54, 1.807) is 23.2 Å². The minimum Gasteiger partial charge on any atom is -0.454 e. The van der Waals surface area contributed by atoms with Crippen LogP contribution < -0.4 is 0 Å². The van der Waals surface area contributed by atoms with Crippen LogP contribution in [0, 0.1) is 0 Å². The Morgan fingerprint density at radius 2 is 2.45 bits per heavy atom. The molecule has 0 bridgehead atoms. The molecule has 0 atom stereocenters. The molecule has 2 aromatic rings. The zero-order valence-corrected chi connectivity index (χ0v) is 11.0. The van der Waals surface area contributed by atoms with E-state index in [9.17, 15) is 4.79 Å². The predicted molar refractivity (Wildman–Crippen MR) is 68.3 cm³/mol. The highest BCUT2D eigenvalue weighted by Gasteiger charge is 2.29. The molecule has 7 nitrogen and oxygen atoms in total. The molecule has 1 aliphatic carbocycles. The molecule has 0 saturated heterocycles. The Labute approximate surface area is 115 Å². The van der Waals surface area contributed by atoms with Gasteiger partial charge in [-0.25, -0.2) is 4.79 Å². The van der Waals surface area contributed by atoms with Crippen molar-refractivity contribution in [2.75, 3.05) is 0 Å². The Balaban J connectivity index is 1.49. The molecule has 0 aliphatic heterocycles. The van der Waals surface area contributed by atoms with E-state index in [1.807, 2.05) is 7.05 Å². The molecule has 0 N–H and O–H groups in total. The second-order valence-corrected chi connectivity index (χ2v) is 4.71. The number of nitrogens with zero attached hydrogens (tertiary/aromatic N) is 4. The maximum Gasteiger partial charge on any atom is 0.331 e. The van der Waals surface area contributed by atoms with Gasteiger partial charge in [0.25, 0.3) is 0 Å². The molecule has 2 aromatic heterocycles. The van der Waals surface area contributed by atoms with E-state index >= 15 is 0 Å². The third-order valence-corrected chi connectivity index (χ3v) is 2.89. The van der Waals surface area contributed by atoms with Gasteiger partial charge in [0.15, 0.2) is 6.61 Å². The second-order valence-electron chi connectivity index (χ2n) is 4.71. The summed E-state index contributed by atoms with van der Waals surface area (Å²) in [4.78, 5) is 15.7. The highest BCUT2D eigenvalue weighted by molar-refractivity contribution is 5.86. The lowest BCUT2D eigenvalue weighted by atomic mass is 10.3. The van der Waals surface area contributed by atoms with Gasteiger partial charge >= 0.3 is 5.97 Å². The van der Waals surface area contributed by atoms with Crippen molar-refractivity contribution in [1.82, 2.24) is 19.9 Å². The van der Waals surface area contributed by atoms with Crippen molar-refractivity contribution in [1.29, 1.82) is 0 Å². The van der Waals surface area contributed by atoms with E-state index in [1.165, 1.54) is 6.08 Å². The van der Waals surface area contributed by atoms with E-state index in [2.05, 4.69) is 15.2 Å². The summed E-state index contributed by atoms with van der Waals surface area (Å²) in [6, 6.07) is 0. The molecule has 1 aliphatic rings. The number of hydrogen-bond donors (Lipinski definition) is 0. The van der Waals surface area contributed by atoms with Crippen LogP contribution in [0.15, 0.2) is 23.0 Å². The SMILES string of the molecule is Cn1cc(/C=C/C(=O)OCc2noc(C3CC3)n2)cn1. The molecule has 1 fully saturated rings. The second kappa shape index (κ2) is 5.28. The minimum atomic E-state index is -0.452. The molecule has 20 heavy (non-hydrogen) atoms. The molecule has 3 rings (SSSR count). The van der Waals surface area contributed by atoms with E-state index in [0.29, 0.717) is 17.6 Å². The lowest BCUT2D eigenvalue weighted by Crippen LogP contribution is -2.02. The molecular weight excluding hydrogens is 260 g/mol. The first-order valence-corrected chi connectivity index (χ1v) is 6.36. The van der Waals surface area contributed by atoms with Crippen LogP contribution in [-0.2, 0) is 23.2 Å². The topological polar surface area (TPSA) is 83.0 Å². The summed E-state index contributed by atoms with van der Waals surface area (Å²) >= 11 is 0. The average molecular weight is 274 g/mol. The van der Waals surface area contributed by atoms with Crippen molar-refractivity contribution < 1.29 is 14.1 Å². The summed E-state index contributed by atoms with van der Waals surface area (Å²) in [5, 5.41) is 7.76. The van der Waals surface area contributed by atoms with Crippen LogP contribution in [0.25, 0.3) is 6.08 Å². The first kappa shape index (κ1) is 12.6. The smallest absolute Gasteiger partial charge is 0.331 e. The van der Waals surface area contributed by atoms with Crippen molar-refractivity contribution >= 4 is 12.0 Å². The first-order valence-electron chi connectivity index (χ1n) is 6.36. The van der Waals surface area contributed by atoms with Crippen LogP contribution >= 0.6 is 0 Å². The number of hydrogen-bond acceptors (Lipinski definition) is 6. The van der Waals surface area contributed by atoms with Gasteiger partial charge in [-0.2, -0.15) is 10.1 Å². The molecule has 7 heteroatoms. The normalized spacial score (nSPS) is 14.8. The van der Waals surface area contributed by atoms with Gasteiger partial charge in [-0.3, -0.25) is 4.68 Å². The average Bonchev–Trinajstić information content (AvgIpc) is 3.03. The molecule has 104 valence electrons. The molecule has 0 aromatic carbocycles. The van der Waals surface area contributed by atoms with Gasteiger partial charge < -0.3 is 9.26 Å². The van der Waals surface area contributed by atoms with Gasteiger partial charge in [0.2, 0.25) is 11.7 Å². The van der Waals surface area contributed by atoms with Crippen LogP contribution in [0.4, 0.5) is 0 Å². The van der Waals surface area contributed by atoms with Gasteiger partial charge in [0.1, 0.15) is 0 Å². The highest BCUT2D eigenvalue weighted by atomic mass is 16.5. The van der Waals surface area contributed by atoms with Crippen molar-refractivity contribution in [3.05, 3.63) is 35.7 Å². The number of carbonyl (C=O) groups is 1. The van der Waals surface area contributed by atoms with E-state index < -0.39 is 5.97 Å². The third kappa shape index (κ3) is 3.11. The van der Waals surface area contributed by atoms with Gasteiger partial charge in [0.05, 0.1) is 6.20 Å². The molecule has 1 saturated carbocycles. The number of ether oxygens (including phenoxy) is 1. The zero-order chi connectivity index (χ0) is 13.9. The van der Waals surface area contributed by atoms with Crippen molar-refractivity contribution in [2.24, 2.45) is 7.05 Å². The van der Waals surface area contributed by atoms with Crippen LogP contribution in [0.3, 0.4) is 0 Å². The number of carbonyl (C=O) groups excluding carboxylic acids is 1. The zero-order valence-electron chi connectivity index (χ0n) is 11.0. The standard InChI is InChI=1S/C13H14N4O3/c1-17-7-9(6-14-17)2-5-12(18)19-8-11-15-13(20-16-11)10-3-4-10/h2,5-7,10H,3-4,8H2,1H3/b5-2+. The summed E-state index contributed by atoms with van der Waals surface area (Å²) in [5.74, 6) is 0.987. The van der Waals surface area contributed by atoms with Gasteiger partial charge in [-0.15, -0.1) is 0 Å². The summed E-state index contributed by atoms with van der Waals surface area (Å²) < 4.78 is 11.8. The number of aryl methyl sites for hydroxylation is 1. The molecule has 2 heterocycles. The molecule has 0 amide bonds. The molecule has 0 unspecified atom stereocenters. The molecule has 0 radical (unpaired) electrons.